The van der Waals surface area contributed by atoms with Gasteiger partial charge in [-0.15, -0.1) is 0 Å². The number of nitrogens with zero attached hydrogens (tertiary/aromatic N) is 2. The summed E-state index contributed by atoms with van der Waals surface area (Å²) in [5, 5.41) is 11.4. The molecule has 1 atom stereocenters. The predicted octanol–water partition coefficient (Wildman–Crippen LogP) is 3.48. The molecule has 9 heteroatoms. The van der Waals surface area contributed by atoms with Crippen LogP contribution in [0.4, 0.5) is 0 Å². The fraction of sp³-hybridized carbons (Fsp3) is 0.407. The van der Waals surface area contributed by atoms with Crippen LogP contribution in [0.3, 0.4) is 0 Å². The number of hydrogen-bond donors (Lipinski definition) is 1. The zero-order valence-electron chi connectivity index (χ0n) is 21.7. The molecular formula is C27H34N2O7. The second-order valence-electron chi connectivity index (χ2n) is 8.20. The molecule has 1 aliphatic rings. The third kappa shape index (κ3) is 5.11. The minimum Gasteiger partial charge on any atom is -0.507 e. The first-order valence-electron chi connectivity index (χ1n) is 11.8. The number of likely N-dealkylation sites (N-methyl/N-ethyl adjacent to an activating group) is 1. The summed E-state index contributed by atoms with van der Waals surface area (Å²) in [5.41, 5.74) is 0.951. The van der Waals surface area contributed by atoms with E-state index in [2.05, 4.69) is 4.90 Å². The summed E-state index contributed by atoms with van der Waals surface area (Å²) in [6.07, 6.45) is 0. The number of rotatable bonds is 11. The van der Waals surface area contributed by atoms with Gasteiger partial charge in [0.25, 0.3) is 11.7 Å². The molecule has 2 aromatic carbocycles. The molecule has 0 radical (unpaired) electrons. The van der Waals surface area contributed by atoms with Crippen LogP contribution in [0.2, 0.25) is 0 Å². The Balaban J connectivity index is 2.18. The third-order valence-corrected chi connectivity index (χ3v) is 6.47. The first-order chi connectivity index (χ1) is 17.3. The van der Waals surface area contributed by atoms with Crippen LogP contribution in [0.15, 0.2) is 42.0 Å². The van der Waals surface area contributed by atoms with Crippen LogP contribution in [0, 0.1) is 0 Å². The number of benzene rings is 2. The van der Waals surface area contributed by atoms with Crippen molar-refractivity contribution >= 4 is 17.4 Å². The normalized spacial score (nSPS) is 17.0. The van der Waals surface area contributed by atoms with Gasteiger partial charge in [0.15, 0.2) is 23.0 Å². The number of aliphatic hydroxyl groups excluding tert-OH is 1. The Hall–Kier alpha value is -3.72. The number of aliphatic hydroxyl groups is 1. The van der Waals surface area contributed by atoms with Gasteiger partial charge >= 0.3 is 0 Å². The number of hydrogen-bond acceptors (Lipinski definition) is 8. The maximum absolute atomic E-state index is 13.3. The van der Waals surface area contributed by atoms with E-state index >= 15 is 0 Å². The second-order valence-corrected chi connectivity index (χ2v) is 8.20. The summed E-state index contributed by atoms with van der Waals surface area (Å²) in [4.78, 5) is 30.2. The van der Waals surface area contributed by atoms with Crippen molar-refractivity contribution in [1.82, 2.24) is 9.80 Å². The summed E-state index contributed by atoms with van der Waals surface area (Å²) < 4.78 is 21.5. The molecular weight excluding hydrogens is 464 g/mol. The van der Waals surface area contributed by atoms with E-state index in [1.807, 2.05) is 13.8 Å². The minimum atomic E-state index is -0.812. The third-order valence-electron chi connectivity index (χ3n) is 6.47. The maximum Gasteiger partial charge on any atom is 0.295 e. The highest BCUT2D eigenvalue weighted by Gasteiger charge is 2.46. The standard InChI is InChI=1S/C27H34N2O7/c1-7-28(8-2)13-14-29-24(17-9-11-19(33-3)21(15-17)35-5)23(26(31)27(29)32)25(30)18-10-12-20(34-4)22(16-18)36-6/h9-12,15-16,24,30H,7-8,13-14H2,1-6H3/b25-23-. The van der Waals surface area contributed by atoms with E-state index in [0.717, 1.165) is 13.1 Å². The molecule has 1 aliphatic heterocycles. The Labute approximate surface area is 211 Å². The molecule has 36 heavy (non-hydrogen) atoms. The van der Waals surface area contributed by atoms with Gasteiger partial charge in [0, 0.05) is 18.7 Å². The molecule has 1 saturated heterocycles. The maximum atomic E-state index is 13.3. The Morgan fingerprint density at radius 3 is 1.97 bits per heavy atom. The fourth-order valence-corrected chi connectivity index (χ4v) is 4.41. The lowest BCUT2D eigenvalue weighted by molar-refractivity contribution is -0.140. The van der Waals surface area contributed by atoms with Crippen molar-refractivity contribution in [1.29, 1.82) is 0 Å². The highest BCUT2D eigenvalue weighted by atomic mass is 16.5. The van der Waals surface area contributed by atoms with Crippen molar-refractivity contribution in [3.8, 4) is 23.0 Å². The van der Waals surface area contributed by atoms with E-state index in [4.69, 9.17) is 18.9 Å². The number of carbonyl (C=O) groups excluding carboxylic acids is 2. The molecule has 2 aromatic rings. The van der Waals surface area contributed by atoms with Gasteiger partial charge in [0.05, 0.1) is 40.1 Å². The van der Waals surface area contributed by atoms with E-state index in [1.165, 1.54) is 33.3 Å². The number of ether oxygens (including phenoxy) is 4. The summed E-state index contributed by atoms with van der Waals surface area (Å²) >= 11 is 0. The number of methoxy groups -OCH3 is 4. The Morgan fingerprint density at radius 1 is 0.861 bits per heavy atom. The van der Waals surface area contributed by atoms with Crippen molar-refractivity contribution in [2.24, 2.45) is 0 Å². The van der Waals surface area contributed by atoms with E-state index in [1.54, 1.807) is 36.4 Å². The molecule has 0 aliphatic carbocycles. The largest absolute Gasteiger partial charge is 0.507 e. The molecule has 1 fully saturated rings. The van der Waals surface area contributed by atoms with E-state index in [-0.39, 0.29) is 11.3 Å². The van der Waals surface area contributed by atoms with Gasteiger partial charge in [-0.25, -0.2) is 0 Å². The molecule has 0 bridgehead atoms. The summed E-state index contributed by atoms with van der Waals surface area (Å²) in [5.74, 6) is 0.131. The molecule has 9 nitrogen and oxygen atoms in total. The smallest absolute Gasteiger partial charge is 0.295 e. The van der Waals surface area contributed by atoms with Crippen LogP contribution < -0.4 is 18.9 Å². The van der Waals surface area contributed by atoms with Crippen molar-refractivity contribution in [3.05, 3.63) is 53.1 Å². The van der Waals surface area contributed by atoms with Gasteiger partial charge in [-0.3, -0.25) is 9.59 Å². The first-order valence-corrected chi connectivity index (χ1v) is 11.8. The minimum absolute atomic E-state index is 0.000938. The number of likely N-dealkylation sites (tertiary alicyclic amines) is 1. The molecule has 0 aromatic heterocycles. The molecule has 1 amide bonds. The van der Waals surface area contributed by atoms with Crippen molar-refractivity contribution in [3.63, 3.8) is 0 Å². The van der Waals surface area contributed by atoms with Gasteiger partial charge in [0.2, 0.25) is 0 Å². The molecule has 3 rings (SSSR count). The highest BCUT2D eigenvalue weighted by Crippen LogP contribution is 2.42. The zero-order chi connectivity index (χ0) is 26.4. The first kappa shape index (κ1) is 26.9. The van der Waals surface area contributed by atoms with Crippen LogP contribution in [-0.4, -0.2) is 81.2 Å². The summed E-state index contributed by atoms with van der Waals surface area (Å²) in [7, 11) is 6.04. The molecule has 1 N–H and O–H groups in total. The Kier molecular flexibility index (Phi) is 8.82. The number of Topliss-reactive ketones (excluding diaryl/α,β-unsaturated/α-hetero) is 1. The van der Waals surface area contributed by atoms with Crippen molar-refractivity contribution in [2.45, 2.75) is 19.9 Å². The van der Waals surface area contributed by atoms with Crippen LogP contribution in [0.25, 0.3) is 5.76 Å². The lowest BCUT2D eigenvalue weighted by atomic mass is 9.94. The van der Waals surface area contributed by atoms with Gasteiger partial charge < -0.3 is 33.9 Å². The molecule has 1 unspecified atom stereocenters. The lowest BCUT2D eigenvalue weighted by Gasteiger charge is -2.28. The average Bonchev–Trinajstić information content (AvgIpc) is 3.17. The molecule has 0 saturated carbocycles. The van der Waals surface area contributed by atoms with Crippen LogP contribution >= 0.6 is 0 Å². The molecule has 1 heterocycles. The van der Waals surface area contributed by atoms with Crippen LogP contribution in [0.1, 0.15) is 31.0 Å². The topological polar surface area (TPSA) is 97.8 Å². The number of ketones is 1. The van der Waals surface area contributed by atoms with E-state index in [9.17, 15) is 14.7 Å². The Morgan fingerprint density at radius 2 is 1.42 bits per heavy atom. The Bertz CT molecular complexity index is 1140. The van der Waals surface area contributed by atoms with Crippen LogP contribution in [-0.2, 0) is 9.59 Å². The zero-order valence-corrected chi connectivity index (χ0v) is 21.7. The molecule has 194 valence electrons. The molecule has 0 spiro atoms. The van der Waals surface area contributed by atoms with E-state index in [0.29, 0.717) is 47.2 Å². The SMILES string of the molecule is CCN(CC)CCN1C(=O)C(=O)/C(=C(\O)c2ccc(OC)c(OC)c2)C1c1ccc(OC)c(OC)c1. The summed E-state index contributed by atoms with van der Waals surface area (Å²) in [6.45, 7) is 6.61. The van der Waals surface area contributed by atoms with E-state index < -0.39 is 17.7 Å². The monoisotopic (exact) mass is 498 g/mol. The summed E-state index contributed by atoms with van der Waals surface area (Å²) in [6, 6.07) is 9.22. The van der Waals surface area contributed by atoms with Crippen LogP contribution in [0.5, 0.6) is 23.0 Å². The number of carbonyl (C=O) groups is 2. The van der Waals surface area contributed by atoms with Crippen molar-refractivity contribution < 1.29 is 33.6 Å². The predicted molar refractivity (Wildman–Crippen MR) is 136 cm³/mol. The van der Waals surface area contributed by atoms with Gasteiger partial charge in [0.1, 0.15) is 5.76 Å². The van der Waals surface area contributed by atoms with Gasteiger partial charge in [-0.1, -0.05) is 19.9 Å². The van der Waals surface area contributed by atoms with Crippen molar-refractivity contribution in [2.75, 3.05) is 54.6 Å². The fourth-order valence-electron chi connectivity index (χ4n) is 4.41. The second kappa shape index (κ2) is 11.8. The van der Waals surface area contributed by atoms with Gasteiger partial charge in [-0.05, 0) is 49.0 Å². The van der Waals surface area contributed by atoms with Gasteiger partial charge in [-0.2, -0.15) is 0 Å². The lowest BCUT2D eigenvalue weighted by Crippen LogP contribution is -2.38. The highest BCUT2D eigenvalue weighted by molar-refractivity contribution is 6.46. The average molecular weight is 499 g/mol. The number of amides is 1. The quantitative estimate of drug-likeness (QED) is 0.286.